The zero-order valence-electron chi connectivity index (χ0n) is 13.8. The normalized spacial score (nSPS) is 12.2. The van der Waals surface area contributed by atoms with Crippen LogP contribution in [0.4, 0.5) is 5.69 Å². The fourth-order valence-electron chi connectivity index (χ4n) is 2.16. The molecule has 0 saturated heterocycles. The summed E-state index contributed by atoms with van der Waals surface area (Å²) in [6.45, 7) is 8.83. The maximum Gasteiger partial charge on any atom is 0.101 e. The van der Waals surface area contributed by atoms with E-state index in [1.807, 2.05) is 12.1 Å². The summed E-state index contributed by atoms with van der Waals surface area (Å²) in [5.41, 5.74) is 2.85. The van der Waals surface area contributed by atoms with Gasteiger partial charge in [0.05, 0.1) is 17.9 Å². The zero-order valence-corrected chi connectivity index (χ0v) is 13.8. The van der Waals surface area contributed by atoms with Crippen LogP contribution in [0.2, 0.25) is 0 Å². The van der Waals surface area contributed by atoms with Gasteiger partial charge in [0, 0.05) is 33.3 Å². The fourth-order valence-corrected chi connectivity index (χ4v) is 2.16. The second-order valence-electron chi connectivity index (χ2n) is 5.73. The van der Waals surface area contributed by atoms with Crippen molar-refractivity contribution in [2.45, 2.75) is 33.4 Å². The van der Waals surface area contributed by atoms with Crippen LogP contribution in [0.25, 0.3) is 0 Å². The number of methoxy groups -OCH3 is 1. The van der Waals surface area contributed by atoms with E-state index in [1.165, 1.54) is 0 Å². The number of benzene rings is 1. The molecule has 1 N–H and O–H groups in total. The van der Waals surface area contributed by atoms with Crippen LogP contribution < -0.4 is 10.2 Å². The van der Waals surface area contributed by atoms with Gasteiger partial charge in [0.25, 0.3) is 0 Å². The lowest BCUT2D eigenvalue weighted by atomic mass is 10.0. The molecule has 0 heterocycles. The van der Waals surface area contributed by atoms with Crippen LogP contribution in [0.15, 0.2) is 18.2 Å². The Labute approximate surface area is 128 Å². The van der Waals surface area contributed by atoms with Gasteiger partial charge in [0.2, 0.25) is 0 Å². The van der Waals surface area contributed by atoms with Gasteiger partial charge in [-0.3, -0.25) is 0 Å². The topological polar surface area (TPSA) is 48.3 Å². The molecule has 0 aromatic heterocycles. The minimum absolute atomic E-state index is 0.391. The van der Waals surface area contributed by atoms with Crippen molar-refractivity contribution in [3.63, 3.8) is 0 Å². The van der Waals surface area contributed by atoms with Crippen molar-refractivity contribution < 1.29 is 4.74 Å². The van der Waals surface area contributed by atoms with E-state index in [0.717, 1.165) is 29.9 Å². The summed E-state index contributed by atoms with van der Waals surface area (Å²) >= 11 is 0. The molecule has 116 valence electrons. The Morgan fingerprint density at radius 2 is 2.05 bits per heavy atom. The molecule has 0 amide bonds. The van der Waals surface area contributed by atoms with Crippen molar-refractivity contribution in [3.05, 3.63) is 29.3 Å². The number of anilines is 1. The summed E-state index contributed by atoms with van der Waals surface area (Å²) in [5.74, 6) is 0.539. The molecular formula is C17H27N3O. The van der Waals surface area contributed by atoms with E-state index in [2.05, 4.69) is 50.2 Å². The predicted molar refractivity (Wildman–Crippen MR) is 87.4 cm³/mol. The maximum absolute atomic E-state index is 9.40. The number of rotatable bonds is 8. The zero-order chi connectivity index (χ0) is 15.8. The van der Waals surface area contributed by atoms with Crippen molar-refractivity contribution in [2.75, 3.05) is 32.2 Å². The molecule has 0 bridgehead atoms. The molecule has 0 saturated carbocycles. The molecule has 0 aliphatic heterocycles. The van der Waals surface area contributed by atoms with E-state index in [1.54, 1.807) is 7.11 Å². The molecule has 1 aromatic carbocycles. The third kappa shape index (κ3) is 5.04. The SMILES string of the molecule is COCCNCc1ccc(N(C)C(C)C(C)C)c(C#N)c1. The highest BCUT2D eigenvalue weighted by Gasteiger charge is 2.16. The first-order valence-electron chi connectivity index (χ1n) is 7.46. The van der Waals surface area contributed by atoms with E-state index in [9.17, 15) is 5.26 Å². The second-order valence-corrected chi connectivity index (χ2v) is 5.73. The molecule has 4 nitrogen and oxygen atoms in total. The molecule has 0 fully saturated rings. The molecule has 0 spiro atoms. The van der Waals surface area contributed by atoms with Crippen LogP contribution >= 0.6 is 0 Å². The first kappa shape index (κ1) is 17.5. The number of hydrogen-bond acceptors (Lipinski definition) is 4. The van der Waals surface area contributed by atoms with Crippen molar-refractivity contribution >= 4 is 5.69 Å². The maximum atomic E-state index is 9.40. The highest BCUT2D eigenvalue weighted by atomic mass is 16.5. The molecule has 0 aliphatic rings. The Balaban J connectivity index is 2.82. The van der Waals surface area contributed by atoms with Crippen LogP contribution in [-0.4, -0.2) is 33.4 Å². The smallest absolute Gasteiger partial charge is 0.101 e. The lowest BCUT2D eigenvalue weighted by Crippen LogP contribution is -2.33. The van der Waals surface area contributed by atoms with Gasteiger partial charge in [-0.25, -0.2) is 0 Å². The Morgan fingerprint density at radius 3 is 2.62 bits per heavy atom. The van der Waals surface area contributed by atoms with Crippen LogP contribution in [0, 0.1) is 17.2 Å². The molecule has 1 rings (SSSR count). The second kappa shape index (κ2) is 8.66. The van der Waals surface area contributed by atoms with Gasteiger partial charge in [-0.15, -0.1) is 0 Å². The van der Waals surface area contributed by atoms with Gasteiger partial charge in [0.15, 0.2) is 0 Å². The third-order valence-electron chi connectivity index (χ3n) is 3.95. The number of nitriles is 1. The van der Waals surface area contributed by atoms with Gasteiger partial charge in [-0.1, -0.05) is 19.9 Å². The van der Waals surface area contributed by atoms with Gasteiger partial charge in [0.1, 0.15) is 6.07 Å². The summed E-state index contributed by atoms with van der Waals surface area (Å²) in [4.78, 5) is 2.19. The average Bonchev–Trinajstić information content (AvgIpc) is 2.49. The van der Waals surface area contributed by atoms with Crippen molar-refractivity contribution in [1.82, 2.24) is 5.32 Å². The Bertz CT molecular complexity index is 479. The summed E-state index contributed by atoms with van der Waals surface area (Å²) in [6, 6.07) is 8.81. The van der Waals surface area contributed by atoms with Crippen LogP contribution in [-0.2, 0) is 11.3 Å². The summed E-state index contributed by atoms with van der Waals surface area (Å²) in [6.07, 6.45) is 0. The standard InChI is InChI=1S/C17H27N3O/c1-13(2)14(3)20(4)17-7-6-15(10-16(17)11-18)12-19-8-9-21-5/h6-7,10,13-14,19H,8-9,12H2,1-5H3. The monoisotopic (exact) mass is 289 g/mol. The van der Waals surface area contributed by atoms with Crippen molar-refractivity contribution in [1.29, 1.82) is 5.26 Å². The van der Waals surface area contributed by atoms with Crippen LogP contribution in [0.5, 0.6) is 0 Å². The molecular weight excluding hydrogens is 262 g/mol. The van der Waals surface area contributed by atoms with Gasteiger partial charge in [-0.05, 0) is 30.5 Å². The quantitative estimate of drug-likeness (QED) is 0.748. The first-order valence-corrected chi connectivity index (χ1v) is 7.46. The van der Waals surface area contributed by atoms with E-state index in [0.29, 0.717) is 18.6 Å². The van der Waals surface area contributed by atoms with Gasteiger partial charge < -0.3 is 15.0 Å². The third-order valence-corrected chi connectivity index (χ3v) is 3.95. The predicted octanol–water partition coefficient (Wildman–Crippen LogP) is 2.77. The molecule has 0 radical (unpaired) electrons. The minimum Gasteiger partial charge on any atom is -0.383 e. The molecule has 21 heavy (non-hydrogen) atoms. The number of hydrogen-bond donors (Lipinski definition) is 1. The Hall–Kier alpha value is -1.57. The van der Waals surface area contributed by atoms with Crippen LogP contribution in [0.3, 0.4) is 0 Å². The molecule has 4 heteroatoms. The van der Waals surface area contributed by atoms with Gasteiger partial charge >= 0.3 is 0 Å². The lowest BCUT2D eigenvalue weighted by Gasteiger charge is -2.30. The van der Waals surface area contributed by atoms with Gasteiger partial charge in [-0.2, -0.15) is 5.26 Å². The average molecular weight is 289 g/mol. The highest BCUT2D eigenvalue weighted by molar-refractivity contribution is 5.60. The Morgan fingerprint density at radius 1 is 1.33 bits per heavy atom. The van der Waals surface area contributed by atoms with Crippen molar-refractivity contribution in [2.24, 2.45) is 5.92 Å². The van der Waals surface area contributed by atoms with E-state index in [4.69, 9.17) is 4.74 Å². The van der Waals surface area contributed by atoms with E-state index in [-0.39, 0.29) is 0 Å². The first-order chi connectivity index (χ1) is 10.0. The number of ether oxygens (including phenoxy) is 1. The van der Waals surface area contributed by atoms with E-state index >= 15 is 0 Å². The summed E-state index contributed by atoms with van der Waals surface area (Å²) < 4.78 is 5.00. The molecule has 1 unspecified atom stereocenters. The van der Waals surface area contributed by atoms with Crippen LogP contribution in [0.1, 0.15) is 31.9 Å². The largest absolute Gasteiger partial charge is 0.383 e. The number of nitrogens with zero attached hydrogens (tertiary/aromatic N) is 2. The molecule has 0 aliphatic carbocycles. The van der Waals surface area contributed by atoms with Crippen molar-refractivity contribution in [3.8, 4) is 6.07 Å². The summed E-state index contributed by atoms with van der Waals surface area (Å²) in [7, 11) is 3.74. The molecule has 1 atom stereocenters. The number of nitrogens with one attached hydrogen (secondary N) is 1. The minimum atomic E-state index is 0.391. The summed E-state index contributed by atoms with van der Waals surface area (Å²) in [5, 5.41) is 12.7. The Kier molecular flexibility index (Phi) is 7.21. The molecule has 1 aromatic rings. The lowest BCUT2D eigenvalue weighted by molar-refractivity contribution is 0.199. The highest BCUT2D eigenvalue weighted by Crippen LogP contribution is 2.24. The van der Waals surface area contributed by atoms with E-state index < -0.39 is 0 Å². The fraction of sp³-hybridized carbons (Fsp3) is 0.588.